The molecule has 4 heteroatoms. The molecule has 0 heterocycles. The number of allylic oxidation sites excluding steroid dienone is 1. The minimum Gasteiger partial charge on any atom is -0.491 e. The predicted octanol–water partition coefficient (Wildman–Crippen LogP) is 7.17. The van der Waals surface area contributed by atoms with Gasteiger partial charge in [0.25, 0.3) is 0 Å². The van der Waals surface area contributed by atoms with Crippen LogP contribution in [-0.4, -0.2) is 18.8 Å². The van der Waals surface area contributed by atoms with E-state index in [2.05, 4.69) is 19.9 Å². The van der Waals surface area contributed by atoms with Crippen LogP contribution in [0, 0.1) is 11.6 Å². The van der Waals surface area contributed by atoms with Crippen molar-refractivity contribution in [3.05, 3.63) is 59.7 Å². The minimum atomic E-state index is -0.939. The summed E-state index contributed by atoms with van der Waals surface area (Å²) < 4.78 is 39.8. The van der Waals surface area contributed by atoms with E-state index in [9.17, 15) is 8.78 Å². The lowest BCUT2D eigenvalue weighted by Crippen LogP contribution is -2.30. The molecule has 2 aromatic rings. The largest absolute Gasteiger partial charge is 0.491 e. The van der Waals surface area contributed by atoms with Gasteiger partial charge in [0.05, 0.1) is 12.2 Å². The molecule has 1 aliphatic rings. The van der Waals surface area contributed by atoms with Crippen LogP contribution in [0.4, 0.5) is 8.78 Å². The van der Waals surface area contributed by atoms with E-state index in [4.69, 9.17) is 9.47 Å². The van der Waals surface area contributed by atoms with Gasteiger partial charge in [0.1, 0.15) is 0 Å². The van der Waals surface area contributed by atoms with Crippen LogP contribution in [0.25, 0.3) is 16.7 Å². The molecule has 0 saturated heterocycles. The van der Waals surface area contributed by atoms with Gasteiger partial charge < -0.3 is 9.47 Å². The third kappa shape index (κ3) is 5.05. The summed E-state index contributed by atoms with van der Waals surface area (Å²) in [6.45, 7) is 7.20. The maximum atomic E-state index is 14.5. The Morgan fingerprint density at radius 3 is 2.31 bits per heavy atom. The average molecular weight is 401 g/mol. The number of unbranched alkanes of at least 4 members (excludes halogenated alkanes) is 1. The first-order chi connectivity index (χ1) is 14.0. The lowest BCUT2D eigenvalue weighted by molar-refractivity contribution is -0.0377. The Hall–Kier alpha value is -2.20. The van der Waals surface area contributed by atoms with Crippen molar-refractivity contribution < 1.29 is 18.3 Å². The second kappa shape index (κ2) is 9.53. The van der Waals surface area contributed by atoms with Crippen molar-refractivity contribution in [1.82, 2.24) is 0 Å². The van der Waals surface area contributed by atoms with Gasteiger partial charge in [-0.1, -0.05) is 43.7 Å². The molecule has 0 aromatic heterocycles. The van der Waals surface area contributed by atoms with Gasteiger partial charge in [0, 0.05) is 12.2 Å². The molecule has 0 N–H and O–H groups in total. The lowest BCUT2D eigenvalue weighted by atomic mass is 9.84. The molecule has 0 bridgehead atoms. The van der Waals surface area contributed by atoms with Crippen LogP contribution >= 0.6 is 0 Å². The SMILES string of the molecule is CCCCOC1(C)CC=C(c2ccc(-c3ccc(OCC)c(F)c3F)cc2)CC1. The molecular formula is C25H30F2O2. The van der Waals surface area contributed by atoms with Gasteiger partial charge in [-0.05, 0) is 68.4 Å². The third-order valence-electron chi connectivity index (χ3n) is 5.57. The Balaban J connectivity index is 1.73. The van der Waals surface area contributed by atoms with Crippen LogP contribution in [-0.2, 0) is 4.74 Å². The molecule has 0 fully saturated rings. The smallest absolute Gasteiger partial charge is 0.201 e. The molecule has 1 unspecified atom stereocenters. The monoisotopic (exact) mass is 400 g/mol. The van der Waals surface area contributed by atoms with Gasteiger partial charge in [-0.15, -0.1) is 0 Å². The standard InChI is InChI=1S/C25H30F2O2/c1-4-6-17-29-25(3)15-13-19(14-16-25)18-7-9-20(10-8-18)21-11-12-22(28-5-2)24(27)23(21)26/h7-13H,4-6,14-17H2,1-3H3. The van der Waals surface area contributed by atoms with Crippen molar-refractivity contribution in [3.8, 4) is 16.9 Å². The summed E-state index contributed by atoms with van der Waals surface area (Å²) in [6.07, 6.45) is 7.32. The van der Waals surface area contributed by atoms with Gasteiger partial charge in [-0.2, -0.15) is 4.39 Å². The van der Waals surface area contributed by atoms with E-state index >= 15 is 0 Å². The van der Waals surface area contributed by atoms with E-state index < -0.39 is 11.6 Å². The van der Waals surface area contributed by atoms with Crippen LogP contribution in [0.2, 0.25) is 0 Å². The first kappa shape index (κ1) is 21.5. The molecule has 2 aromatic carbocycles. The Labute approximate surface area is 172 Å². The molecule has 29 heavy (non-hydrogen) atoms. The summed E-state index contributed by atoms with van der Waals surface area (Å²) in [5.41, 5.74) is 3.22. The van der Waals surface area contributed by atoms with Gasteiger partial charge in [0.2, 0.25) is 5.82 Å². The molecule has 1 atom stereocenters. The summed E-state index contributed by atoms with van der Waals surface area (Å²) in [6, 6.07) is 10.7. The topological polar surface area (TPSA) is 18.5 Å². The fraction of sp³-hybridized carbons (Fsp3) is 0.440. The summed E-state index contributed by atoms with van der Waals surface area (Å²) >= 11 is 0. The number of ether oxygens (including phenoxy) is 2. The van der Waals surface area contributed by atoms with Gasteiger partial charge >= 0.3 is 0 Å². The minimum absolute atomic E-state index is 0.0538. The van der Waals surface area contributed by atoms with Crippen molar-refractivity contribution in [2.75, 3.05) is 13.2 Å². The first-order valence-corrected chi connectivity index (χ1v) is 10.5. The van der Waals surface area contributed by atoms with Crippen LogP contribution in [0.15, 0.2) is 42.5 Å². The number of hydrogen-bond acceptors (Lipinski definition) is 2. The van der Waals surface area contributed by atoms with Crippen LogP contribution in [0.3, 0.4) is 0 Å². The summed E-state index contributed by atoms with van der Waals surface area (Å²) in [5, 5.41) is 0. The quantitative estimate of drug-likeness (QED) is 0.437. The molecule has 0 spiro atoms. The van der Waals surface area contributed by atoms with Gasteiger partial charge in [-0.3, -0.25) is 0 Å². The van der Waals surface area contributed by atoms with E-state index in [0.717, 1.165) is 44.3 Å². The molecular weight excluding hydrogens is 370 g/mol. The third-order valence-corrected chi connectivity index (χ3v) is 5.57. The van der Waals surface area contributed by atoms with Gasteiger partial charge in [0.15, 0.2) is 11.6 Å². The van der Waals surface area contributed by atoms with Crippen molar-refractivity contribution >= 4 is 5.57 Å². The first-order valence-electron chi connectivity index (χ1n) is 10.5. The number of benzene rings is 2. The van der Waals surface area contributed by atoms with Crippen LogP contribution < -0.4 is 4.74 Å². The Bertz CT molecular complexity index is 858. The zero-order valence-electron chi connectivity index (χ0n) is 17.6. The Morgan fingerprint density at radius 1 is 0.966 bits per heavy atom. The van der Waals surface area contributed by atoms with Gasteiger partial charge in [-0.25, -0.2) is 4.39 Å². The molecule has 2 nitrogen and oxygen atoms in total. The van der Waals surface area contributed by atoms with E-state index in [1.165, 1.54) is 11.6 Å². The highest BCUT2D eigenvalue weighted by molar-refractivity contribution is 5.71. The molecule has 0 saturated carbocycles. The van der Waals surface area contributed by atoms with Crippen molar-refractivity contribution in [2.45, 2.75) is 58.5 Å². The molecule has 3 rings (SSSR count). The maximum Gasteiger partial charge on any atom is 0.201 e. The highest BCUT2D eigenvalue weighted by Crippen LogP contribution is 2.36. The van der Waals surface area contributed by atoms with Crippen LogP contribution in [0.5, 0.6) is 5.75 Å². The molecule has 0 radical (unpaired) electrons. The highest BCUT2D eigenvalue weighted by Gasteiger charge is 2.27. The zero-order valence-corrected chi connectivity index (χ0v) is 17.6. The number of halogens is 2. The fourth-order valence-electron chi connectivity index (χ4n) is 3.68. The van der Waals surface area contributed by atoms with Crippen molar-refractivity contribution in [1.29, 1.82) is 0 Å². The Morgan fingerprint density at radius 2 is 1.69 bits per heavy atom. The van der Waals surface area contributed by atoms with E-state index in [-0.39, 0.29) is 16.9 Å². The molecule has 1 aliphatic carbocycles. The Kier molecular flexibility index (Phi) is 7.07. The second-order valence-electron chi connectivity index (χ2n) is 7.83. The van der Waals surface area contributed by atoms with E-state index in [0.29, 0.717) is 12.2 Å². The van der Waals surface area contributed by atoms with Crippen LogP contribution in [0.1, 0.15) is 58.4 Å². The number of rotatable bonds is 8. The van der Waals surface area contributed by atoms with E-state index in [1.54, 1.807) is 13.0 Å². The van der Waals surface area contributed by atoms with Crippen molar-refractivity contribution in [3.63, 3.8) is 0 Å². The summed E-state index contributed by atoms with van der Waals surface area (Å²) in [4.78, 5) is 0. The lowest BCUT2D eigenvalue weighted by Gasteiger charge is -2.33. The second-order valence-corrected chi connectivity index (χ2v) is 7.83. The predicted molar refractivity (Wildman–Crippen MR) is 114 cm³/mol. The summed E-state index contributed by atoms with van der Waals surface area (Å²) in [7, 11) is 0. The van der Waals surface area contributed by atoms with Crippen molar-refractivity contribution in [2.24, 2.45) is 0 Å². The molecule has 0 amide bonds. The zero-order chi connectivity index (χ0) is 20.9. The maximum absolute atomic E-state index is 14.5. The summed E-state index contributed by atoms with van der Waals surface area (Å²) in [5.74, 6) is -1.87. The van der Waals surface area contributed by atoms with E-state index in [1.807, 2.05) is 24.3 Å². The molecule has 156 valence electrons. The number of hydrogen-bond donors (Lipinski definition) is 0. The highest BCUT2D eigenvalue weighted by atomic mass is 19.2. The average Bonchev–Trinajstić information content (AvgIpc) is 2.73. The normalized spacial score (nSPS) is 19.1. The fourth-order valence-corrected chi connectivity index (χ4v) is 3.68. The molecule has 0 aliphatic heterocycles.